The lowest BCUT2D eigenvalue weighted by Gasteiger charge is -2.13. The van der Waals surface area contributed by atoms with E-state index in [1.807, 2.05) is 0 Å². The summed E-state index contributed by atoms with van der Waals surface area (Å²) in [6.07, 6.45) is 2.86. The summed E-state index contributed by atoms with van der Waals surface area (Å²) in [4.78, 5) is 23.2. The Kier molecular flexibility index (Phi) is 5.57. The minimum Gasteiger partial charge on any atom is -0.508 e. The summed E-state index contributed by atoms with van der Waals surface area (Å²) in [5.74, 6) is -1.47. The van der Waals surface area contributed by atoms with Crippen molar-refractivity contribution in [3.8, 4) is 11.5 Å². The fraction of sp³-hybridized carbons (Fsp3) is 0.111. The predicted molar refractivity (Wildman–Crippen MR) is 88.5 cm³/mol. The minimum atomic E-state index is -1.14. The molecule has 1 unspecified atom stereocenters. The summed E-state index contributed by atoms with van der Waals surface area (Å²) in [6.45, 7) is 0. The molecule has 124 valence electrons. The number of hydrogen-bond acceptors (Lipinski definition) is 4. The second-order valence-electron chi connectivity index (χ2n) is 5.19. The van der Waals surface area contributed by atoms with E-state index in [4.69, 9.17) is 0 Å². The standard InChI is InChI=1S/C18H17NO5/c20-14-6-1-12(2-7-14)5-10-17(22)19-16(18(23)24)11-13-3-8-15(21)9-4-13/h1-10,16,20-21H,11H2,(H,19,22)(H,23,24). The molecule has 1 atom stereocenters. The van der Waals surface area contributed by atoms with Gasteiger partial charge in [-0.1, -0.05) is 24.3 Å². The first-order chi connectivity index (χ1) is 11.4. The van der Waals surface area contributed by atoms with Gasteiger partial charge in [-0.05, 0) is 41.5 Å². The fourth-order valence-corrected chi connectivity index (χ4v) is 2.04. The van der Waals surface area contributed by atoms with Crippen LogP contribution < -0.4 is 5.32 Å². The lowest BCUT2D eigenvalue weighted by atomic mass is 10.1. The molecule has 0 aliphatic carbocycles. The molecule has 6 nitrogen and oxygen atoms in total. The van der Waals surface area contributed by atoms with Crippen LogP contribution in [-0.4, -0.2) is 33.2 Å². The molecule has 4 N–H and O–H groups in total. The number of benzene rings is 2. The van der Waals surface area contributed by atoms with Gasteiger partial charge in [-0.25, -0.2) is 4.79 Å². The first-order valence-corrected chi connectivity index (χ1v) is 7.22. The third-order valence-corrected chi connectivity index (χ3v) is 3.31. The van der Waals surface area contributed by atoms with Crippen LogP contribution >= 0.6 is 0 Å². The van der Waals surface area contributed by atoms with E-state index in [9.17, 15) is 24.9 Å². The average molecular weight is 327 g/mol. The second-order valence-corrected chi connectivity index (χ2v) is 5.19. The van der Waals surface area contributed by atoms with E-state index in [2.05, 4.69) is 5.32 Å². The van der Waals surface area contributed by atoms with E-state index in [1.54, 1.807) is 24.3 Å². The van der Waals surface area contributed by atoms with Gasteiger partial charge in [0.15, 0.2) is 0 Å². The summed E-state index contributed by atoms with van der Waals surface area (Å²) < 4.78 is 0. The zero-order valence-corrected chi connectivity index (χ0v) is 12.7. The monoisotopic (exact) mass is 327 g/mol. The van der Waals surface area contributed by atoms with Gasteiger partial charge in [0.1, 0.15) is 17.5 Å². The van der Waals surface area contributed by atoms with Crippen LogP contribution in [0.25, 0.3) is 6.08 Å². The SMILES string of the molecule is O=C(C=Cc1ccc(O)cc1)NC(Cc1ccc(O)cc1)C(=O)O. The highest BCUT2D eigenvalue weighted by atomic mass is 16.4. The first-order valence-electron chi connectivity index (χ1n) is 7.22. The molecule has 0 aromatic heterocycles. The smallest absolute Gasteiger partial charge is 0.326 e. The second kappa shape index (κ2) is 7.82. The van der Waals surface area contributed by atoms with Gasteiger partial charge in [0, 0.05) is 12.5 Å². The molecule has 1 amide bonds. The van der Waals surface area contributed by atoms with Gasteiger partial charge in [0.05, 0.1) is 0 Å². The number of phenolic OH excluding ortho intramolecular Hbond substituents is 2. The van der Waals surface area contributed by atoms with E-state index in [0.717, 1.165) is 0 Å². The van der Waals surface area contributed by atoms with Gasteiger partial charge in [0.25, 0.3) is 0 Å². The summed E-state index contributed by atoms with van der Waals surface area (Å²) >= 11 is 0. The number of amides is 1. The molecule has 24 heavy (non-hydrogen) atoms. The maximum absolute atomic E-state index is 11.9. The lowest BCUT2D eigenvalue weighted by molar-refractivity contribution is -0.141. The molecule has 2 aromatic rings. The van der Waals surface area contributed by atoms with Crippen LogP contribution in [0.2, 0.25) is 0 Å². The lowest BCUT2D eigenvalue weighted by Crippen LogP contribution is -2.41. The highest BCUT2D eigenvalue weighted by Crippen LogP contribution is 2.12. The van der Waals surface area contributed by atoms with Crippen LogP contribution in [0.1, 0.15) is 11.1 Å². The summed E-state index contributed by atoms with van der Waals surface area (Å²) in [5.41, 5.74) is 1.39. The number of rotatable bonds is 6. The highest BCUT2D eigenvalue weighted by Gasteiger charge is 2.19. The van der Waals surface area contributed by atoms with Crippen molar-refractivity contribution < 1.29 is 24.9 Å². The normalized spacial score (nSPS) is 12.0. The number of phenols is 2. The minimum absolute atomic E-state index is 0.0893. The number of carboxylic acids is 1. The number of nitrogens with one attached hydrogen (secondary N) is 1. The molecule has 0 spiro atoms. The Hall–Kier alpha value is -3.28. The van der Waals surface area contributed by atoms with Crippen LogP contribution in [0.4, 0.5) is 0 Å². The van der Waals surface area contributed by atoms with Crippen LogP contribution in [0.5, 0.6) is 11.5 Å². The molecular weight excluding hydrogens is 310 g/mol. The quantitative estimate of drug-likeness (QED) is 0.607. The topological polar surface area (TPSA) is 107 Å². The van der Waals surface area contributed by atoms with Crippen LogP contribution in [0.3, 0.4) is 0 Å². The number of aliphatic carboxylic acids is 1. The molecule has 0 saturated heterocycles. The van der Waals surface area contributed by atoms with E-state index in [1.165, 1.54) is 36.4 Å². The van der Waals surface area contributed by atoms with Gasteiger partial charge in [0.2, 0.25) is 5.91 Å². The van der Waals surface area contributed by atoms with Crippen molar-refractivity contribution in [1.29, 1.82) is 0 Å². The number of aromatic hydroxyl groups is 2. The Bertz CT molecular complexity index is 735. The van der Waals surface area contributed by atoms with Crippen molar-refractivity contribution in [2.24, 2.45) is 0 Å². The van der Waals surface area contributed by atoms with Crippen LogP contribution in [0, 0.1) is 0 Å². The Morgan fingerprint density at radius 2 is 1.50 bits per heavy atom. The highest BCUT2D eigenvalue weighted by molar-refractivity contribution is 5.94. The molecule has 0 bridgehead atoms. The Morgan fingerprint density at radius 1 is 0.958 bits per heavy atom. The van der Waals surface area contributed by atoms with E-state index in [-0.39, 0.29) is 17.9 Å². The zero-order chi connectivity index (χ0) is 17.5. The number of carbonyl (C=O) groups excluding carboxylic acids is 1. The van der Waals surface area contributed by atoms with Crippen molar-refractivity contribution in [1.82, 2.24) is 5.32 Å². The summed E-state index contributed by atoms with van der Waals surface area (Å²) in [5, 5.41) is 30.1. The summed E-state index contributed by atoms with van der Waals surface area (Å²) in [6, 6.07) is 11.3. The molecule has 0 fully saturated rings. The largest absolute Gasteiger partial charge is 0.508 e. The van der Waals surface area contributed by atoms with Gasteiger partial charge in [-0.2, -0.15) is 0 Å². The number of carbonyl (C=O) groups is 2. The fourth-order valence-electron chi connectivity index (χ4n) is 2.04. The van der Waals surface area contributed by atoms with Crippen molar-refractivity contribution >= 4 is 18.0 Å². The Balaban J connectivity index is 1.99. The van der Waals surface area contributed by atoms with Crippen LogP contribution in [0.15, 0.2) is 54.6 Å². The molecule has 0 saturated carbocycles. The Morgan fingerprint density at radius 3 is 2.04 bits per heavy atom. The predicted octanol–water partition coefficient (Wildman–Crippen LogP) is 1.92. The number of carboxylic acid groups (broad SMARTS) is 1. The van der Waals surface area contributed by atoms with Gasteiger partial charge in [-0.3, -0.25) is 4.79 Å². The molecule has 0 heterocycles. The van der Waals surface area contributed by atoms with E-state index < -0.39 is 17.9 Å². The van der Waals surface area contributed by atoms with Crippen molar-refractivity contribution in [2.75, 3.05) is 0 Å². The Labute approximate surface area is 138 Å². The van der Waals surface area contributed by atoms with E-state index >= 15 is 0 Å². The molecular formula is C18H17NO5. The maximum atomic E-state index is 11.9. The van der Waals surface area contributed by atoms with E-state index in [0.29, 0.717) is 11.1 Å². The van der Waals surface area contributed by atoms with Gasteiger partial charge >= 0.3 is 5.97 Å². The third-order valence-electron chi connectivity index (χ3n) is 3.31. The van der Waals surface area contributed by atoms with Gasteiger partial charge in [-0.15, -0.1) is 0 Å². The maximum Gasteiger partial charge on any atom is 0.326 e. The molecule has 2 rings (SSSR count). The average Bonchev–Trinajstić information content (AvgIpc) is 2.55. The van der Waals surface area contributed by atoms with Crippen LogP contribution in [-0.2, 0) is 16.0 Å². The molecule has 0 radical (unpaired) electrons. The zero-order valence-electron chi connectivity index (χ0n) is 12.7. The molecule has 0 aliphatic rings. The van der Waals surface area contributed by atoms with Crippen molar-refractivity contribution in [3.63, 3.8) is 0 Å². The first kappa shape index (κ1) is 17.1. The molecule has 0 aliphatic heterocycles. The molecule has 6 heteroatoms. The number of hydrogen-bond donors (Lipinski definition) is 4. The molecule has 2 aromatic carbocycles. The van der Waals surface area contributed by atoms with Gasteiger partial charge < -0.3 is 20.6 Å². The summed E-state index contributed by atoms with van der Waals surface area (Å²) in [7, 11) is 0. The van der Waals surface area contributed by atoms with Crippen molar-refractivity contribution in [3.05, 3.63) is 65.7 Å². The van der Waals surface area contributed by atoms with Crippen molar-refractivity contribution in [2.45, 2.75) is 12.5 Å². The third kappa shape index (κ3) is 5.17.